The number of aryl methyl sites for hydroxylation is 2. The molecule has 0 spiro atoms. The van der Waals surface area contributed by atoms with Gasteiger partial charge in [0.15, 0.2) is 0 Å². The average molecular weight is 318 g/mol. The molecule has 0 bridgehead atoms. The van der Waals surface area contributed by atoms with Crippen molar-refractivity contribution in [3.05, 3.63) is 34.4 Å². The fourth-order valence-corrected chi connectivity index (χ4v) is 2.77. The van der Waals surface area contributed by atoms with Gasteiger partial charge in [0.25, 0.3) is 0 Å². The number of benzene rings is 1. The van der Waals surface area contributed by atoms with Crippen LogP contribution in [0.4, 0.5) is 0 Å². The molecular weight excluding hydrogens is 292 g/mol. The minimum Gasteiger partial charge on any atom is -0.463 e. The van der Waals surface area contributed by atoms with Crippen molar-refractivity contribution in [2.45, 2.75) is 65.4 Å². The summed E-state index contributed by atoms with van der Waals surface area (Å²) in [4.78, 5) is 24.1. The van der Waals surface area contributed by atoms with Gasteiger partial charge in [0.05, 0.1) is 13.0 Å². The van der Waals surface area contributed by atoms with Crippen molar-refractivity contribution < 1.29 is 19.1 Å². The van der Waals surface area contributed by atoms with E-state index in [-0.39, 0.29) is 13.0 Å². The first kappa shape index (κ1) is 17.5. The molecule has 0 amide bonds. The van der Waals surface area contributed by atoms with Gasteiger partial charge >= 0.3 is 11.9 Å². The molecule has 23 heavy (non-hydrogen) atoms. The lowest BCUT2D eigenvalue weighted by atomic mass is 9.95. The third-order valence-electron chi connectivity index (χ3n) is 4.22. The first-order valence-corrected chi connectivity index (χ1v) is 8.23. The van der Waals surface area contributed by atoms with Crippen molar-refractivity contribution in [3.63, 3.8) is 0 Å². The van der Waals surface area contributed by atoms with E-state index in [0.717, 1.165) is 16.7 Å². The fourth-order valence-electron chi connectivity index (χ4n) is 2.77. The summed E-state index contributed by atoms with van der Waals surface area (Å²) in [5.41, 5.74) is 3.31. The monoisotopic (exact) mass is 318 g/mol. The largest absolute Gasteiger partial charge is 0.463 e. The predicted octanol–water partition coefficient (Wildman–Crippen LogP) is 3.61. The molecule has 0 N–H and O–H groups in total. The van der Waals surface area contributed by atoms with Gasteiger partial charge in [-0.25, -0.2) is 4.79 Å². The Morgan fingerprint density at radius 3 is 2.22 bits per heavy atom. The van der Waals surface area contributed by atoms with Gasteiger partial charge in [0.1, 0.15) is 0 Å². The minimum atomic E-state index is -1.26. The second kappa shape index (κ2) is 6.73. The summed E-state index contributed by atoms with van der Waals surface area (Å²) in [7, 11) is 0. The maximum atomic E-state index is 12.2. The van der Waals surface area contributed by atoms with Crippen molar-refractivity contribution in [2.24, 2.45) is 0 Å². The zero-order valence-electron chi connectivity index (χ0n) is 14.7. The van der Waals surface area contributed by atoms with Crippen LogP contribution in [0.25, 0.3) is 0 Å². The molecule has 4 heteroatoms. The average Bonchev–Trinajstić information content (AvgIpc) is 3.26. The standard InChI is InChI=1S/C19H26O4/c1-6-22-18(21)19(4,5)23-17(20)11-16-12(2)9-15(10-13(16)3)14-7-8-14/h9-10,14H,6-8,11H2,1-5H3. The molecule has 1 fully saturated rings. The van der Waals surface area contributed by atoms with Crippen LogP contribution in [0.5, 0.6) is 0 Å². The second-order valence-electron chi connectivity index (χ2n) is 6.79. The molecule has 2 rings (SSSR count). The van der Waals surface area contributed by atoms with E-state index in [0.29, 0.717) is 5.92 Å². The smallest absolute Gasteiger partial charge is 0.349 e. The molecule has 1 aromatic carbocycles. The van der Waals surface area contributed by atoms with E-state index >= 15 is 0 Å². The molecule has 1 saturated carbocycles. The molecular formula is C19H26O4. The number of hydrogen-bond donors (Lipinski definition) is 0. The van der Waals surface area contributed by atoms with Crippen molar-refractivity contribution in [2.75, 3.05) is 6.61 Å². The predicted molar refractivity (Wildman–Crippen MR) is 88.4 cm³/mol. The van der Waals surface area contributed by atoms with E-state index in [1.807, 2.05) is 13.8 Å². The van der Waals surface area contributed by atoms with Crippen LogP contribution in [0.2, 0.25) is 0 Å². The third-order valence-corrected chi connectivity index (χ3v) is 4.22. The molecule has 0 radical (unpaired) electrons. The van der Waals surface area contributed by atoms with Crippen LogP contribution in [-0.4, -0.2) is 24.1 Å². The molecule has 1 aliphatic carbocycles. The van der Waals surface area contributed by atoms with Gasteiger partial charge in [0, 0.05) is 0 Å². The van der Waals surface area contributed by atoms with Crippen LogP contribution in [0.15, 0.2) is 12.1 Å². The van der Waals surface area contributed by atoms with E-state index < -0.39 is 17.5 Å². The first-order chi connectivity index (χ1) is 10.7. The Hall–Kier alpha value is -1.84. The van der Waals surface area contributed by atoms with E-state index in [2.05, 4.69) is 12.1 Å². The Morgan fingerprint density at radius 1 is 1.17 bits per heavy atom. The van der Waals surface area contributed by atoms with Crippen LogP contribution in [0.1, 0.15) is 61.8 Å². The number of ether oxygens (including phenoxy) is 2. The van der Waals surface area contributed by atoms with Gasteiger partial charge in [-0.15, -0.1) is 0 Å². The van der Waals surface area contributed by atoms with Gasteiger partial charge in [-0.05, 0) is 75.6 Å². The molecule has 0 unspecified atom stereocenters. The SMILES string of the molecule is CCOC(=O)C(C)(C)OC(=O)Cc1c(C)cc(C2CC2)cc1C. The van der Waals surface area contributed by atoms with E-state index in [1.54, 1.807) is 20.8 Å². The topological polar surface area (TPSA) is 52.6 Å². The molecule has 1 aromatic rings. The Labute approximate surface area is 138 Å². The zero-order chi connectivity index (χ0) is 17.2. The highest BCUT2D eigenvalue weighted by atomic mass is 16.6. The summed E-state index contributed by atoms with van der Waals surface area (Å²) in [6, 6.07) is 4.34. The number of carbonyl (C=O) groups excluding carboxylic acids is 2. The Kier molecular flexibility index (Phi) is 5.12. The summed E-state index contributed by atoms with van der Waals surface area (Å²) in [6.45, 7) is 9.15. The van der Waals surface area contributed by atoms with Gasteiger partial charge < -0.3 is 9.47 Å². The molecule has 1 aliphatic rings. The summed E-state index contributed by atoms with van der Waals surface area (Å²) < 4.78 is 10.3. The molecule has 4 nitrogen and oxygen atoms in total. The first-order valence-electron chi connectivity index (χ1n) is 8.23. The molecule has 0 atom stereocenters. The van der Waals surface area contributed by atoms with E-state index in [9.17, 15) is 9.59 Å². The molecule has 0 saturated heterocycles. The van der Waals surface area contributed by atoms with Crippen molar-refractivity contribution in [1.82, 2.24) is 0 Å². The van der Waals surface area contributed by atoms with Crippen molar-refractivity contribution >= 4 is 11.9 Å². The van der Waals surface area contributed by atoms with E-state index in [1.165, 1.54) is 18.4 Å². The summed E-state index contributed by atoms with van der Waals surface area (Å²) in [5.74, 6) is -0.240. The van der Waals surface area contributed by atoms with Gasteiger partial charge in [-0.2, -0.15) is 0 Å². The maximum Gasteiger partial charge on any atom is 0.349 e. The fraction of sp³-hybridized carbons (Fsp3) is 0.579. The van der Waals surface area contributed by atoms with Crippen molar-refractivity contribution in [1.29, 1.82) is 0 Å². The highest BCUT2D eigenvalue weighted by Crippen LogP contribution is 2.41. The van der Waals surface area contributed by atoms with Crippen LogP contribution < -0.4 is 0 Å². The van der Waals surface area contributed by atoms with E-state index in [4.69, 9.17) is 9.47 Å². The van der Waals surface area contributed by atoms with Gasteiger partial charge in [-0.1, -0.05) is 12.1 Å². The van der Waals surface area contributed by atoms with Crippen LogP contribution in [0.3, 0.4) is 0 Å². The van der Waals surface area contributed by atoms with Crippen LogP contribution in [-0.2, 0) is 25.5 Å². The van der Waals surface area contributed by atoms with Crippen LogP contribution >= 0.6 is 0 Å². The highest BCUT2D eigenvalue weighted by Gasteiger charge is 2.34. The third kappa shape index (κ3) is 4.34. The van der Waals surface area contributed by atoms with Gasteiger partial charge in [0.2, 0.25) is 5.60 Å². The van der Waals surface area contributed by atoms with Gasteiger partial charge in [-0.3, -0.25) is 4.79 Å². The Bertz CT molecular complexity index is 589. The Balaban J connectivity index is 2.07. The lowest BCUT2D eigenvalue weighted by molar-refractivity contribution is -0.177. The molecule has 0 heterocycles. The maximum absolute atomic E-state index is 12.2. The minimum absolute atomic E-state index is 0.172. The van der Waals surface area contributed by atoms with Crippen molar-refractivity contribution in [3.8, 4) is 0 Å². The zero-order valence-corrected chi connectivity index (χ0v) is 14.7. The van der Waals surface area contributed by atoms with Crippen LogP contribution in [0, 0.1) is 13.8 Å². The quantitative estimate of drug-likeness (QED) is 0.752. The number of esters is 2. The molecule has 0 aliphatic heterocycles. The number of hydrogen-bond acceptors (Lipinski definition) is 4. The second-order valence-corrected chi connectivity index (χ2v) is 6.79. The normalized spacial score (nSPS) is 14.5. The Morgan fingerprint density at radius 2 is 1.74 bits per heavy atom. The number of carbonyl (C=O) groups is 2. The lowest BCUT2D eigenvalue weighted by Gasteiger charge is -2.23. The number of rotatable bonds is 6. The molecule has 0 aromatic heterocycles. The summed E-state index contributed by atoms with van der Waals surface area (Å²) in [5, 5.41) is 0. The summed E-state index contributed by atoms with van der Waals surface area (Å²) >= 11 is 0. The lowest BCUT2D eigenvalue weighted by Crippen LogP contribution is -2.39. The summed E-state index contributed by atoms with van der Waals surface area (Å²) in [6.07, 6.45) is 2.69. The molecule has 126 valence electrons. The highest BCUT2D eigenvalue weighted by molar-refractivity contribution is 5.83.